The van der Waals surface area contributed by atoms with Crippen LogP contribution in [0.3, 0.4) is 0 Å². The Hall–Kier alpha value is -1.23. The van der Waals surface area contributed by atoms with Crippen LogP contribution < -0.4 is 9.38 Å². The smallest absolute Gasteiger partial charge is 0.311 e. The van der Waals surface area contributed by atoms with E-state index in [1.165, 1.54) is 25.4 Å². The van der Waals surface area contributed by atoms with Gasteiger partial charge in [-0.05, 0) is 6.16 Å². The van der Waals surface area contributed by atoms with Gasteiger partial charge in [0.2, 0.25) is 5.75 Å². The maximum atomic E-state index is 12.9. The number of nitro groups is 1. The topological polar surface area (TPSA) is 75.4 Å². The van der Waals surface area contributed by atoms with Crippen LogP contribution in [0, 0.1) is 15.3 Å². The molecule has 0 unspecified atom stereocenters. The van der Waals surface area contributed by atoms with Crippen LogP contribution in [0.25, 0.3) is 0 Å². The monoisotopic (exact) mass is 298 g/mol. The molecule has 6 nitrogen and oxygen atoms in total. The average Bonchev–Trinajstić information content (AvgIpc) is 2.47. The summed E-state index contributed by atoms with van der Waals surface area (Å²) in [6, 6.07) is 4.45. The quantitative estimate of drug-likeness (QED) is 0.281. The molecule has 1 aliphatic heterocycles. The van der Waals surface area contributed by atoms with E-state index in [2.05, 4.69) is 6.92 Å². The van der Waals surface area contributed by atoms with Crippen LogP contribution in [0.5, 0.6) is 5.75 Å². The van der Waals surface area contributed by atoms with E-state index in [1.807, 2.05) is 0 Å². The van der Waals surface area contributed by atoms with E-state index >= 15 is 0 Å². The molecular formula is C13H19N2O4P. The summed E-state index contributed by atoms with van der Waals surface area (Å²) >= 11 is 0. The summed E-state index contributed by atoms with van der Waals surface area (Å²) in [7, 11) is 1.38. The van der Waals surface area contributed by atoms with Gasteiger partial charge in [-0.15, -0.1) is 0 Å². The lowest BCUT2D eigenvalue weighted by Crippen LogP contribution is -2.50. The second-order valence-electron chi connectivity index (χ2n) is 4.88. The molecular weight excluding hydrogens is 279 g/mol. The molecule has 1 heterocycles. The fourth-order valence-corrected chi connectivity index (χ4v) is 4.54. The molecule has 0 atom stereocenters. The molecule has 110 valence electrons. The molecule has 1 aromatic carbocycles. The summed E-state index contributed by atoms with van der Waals surface area (Å²) in [4.78, 5) is 10.4. The van der Waals surface area contributed by atoms with Crippen molar-refractivity contribution in [1.82, 2.24) is 4.65 Å². The van der Waals surface area contributed by atoms with Gasteiger partial charge in [-0.25, -0.2) is 0 Å². The van der Waals surface area contributed by atoms with Crippen molar-refractivity contribution in [2.75, 3.05) is 38.7 Å². The Bertz CT molecular complexity index is 501. The second kappa shape index (κ2) is 6.04. The number of nitrogens with zero attached hydrogens (tertiary/aromatic N) is 2. The molecule has 1 aromatic rings. The third-order valence-electron chi connectivity index (χ3n) is 3.83. The first-order valence-electron chi connectivity index (χ1n) is 6.63. The predicted molar refractivity (Wildman–Crippen MR) is 81.7 cm³/mol. The molecule has 7 heteroatoms. The van der Waals surface area contributed by atoms with Crippen LogP contribution >= 0.6 is 7.92 Å². The van der Waals surface area contributed by atoms with Crippen LogP contribution in [0.4, 0.5) is 11.4 Å². The van der Waals surface area contributed by atoms with Crippen molar-refractivity contribution in [2.45, 2.75) is 6.92 Å². The molecule has 0 spiro atoms. The van der Waals surface area contributed by atoms with Crippen molar-refractivity contribution >= 4 is 19.3 Å². The molecule has 1 saturated heterocycles. The summed E-state index contributed by atoms with van der Waals surface area (Å²) in [6.45, 7) is 3.28. The predicted octanol–water partition coefficient (Wildman–Crippen LogP) is 2.92. The van der Waals surface area contributed by atoms with Gasteiger partial charge in [0.05, 0.1) is 25.1 Å². The Morgan fingerprint density at radius 2 is 2.05 bits per heavy atom. The molecule has 0 radical (unpaired) electrons. The fraction of sp³-hybridized carbons (Fsp3) is 0.538. The molecule has 20 heavy (non-hydrogen) atoms. The standard InChI is InChI=1S/C13H19N2O4P/c1-3-20-8-6-15(18,7-9-20)11-4-5-12(14(16)17)13(10-11)19-2/h4-5,10H,3,6-9H2,1-2H3. The molecule has 0 N–H and O–H groups in total. The van der Waals surface area contributed by atoms with Crippen LogP contribution in [-0.4, -0.2) is 43.6 Å². The molecule has 0 aliphatic carbocycles. The van der Waals surface area contributed by atoms with Gasteiger partial charge < -0.3 is 14.6 Å². The van der Waals surface area contributed by atoms with E-state index in [4.69, 9.17) is 4.74 Å². The number of benzene rings is 1. The van der Waals surface area contributed by atoms with Gasteiger partial charge in [-0.1, -0.05) is 14.8 Å². The first-order chi connectivity index (χ1) is 9.50. The summed E-state index contributed by atoms with van der Waals surface area (Å²) in [6.07, 6.45) is 3.10. The number of quaternary nitrogens is 1. The largest absolute Gasteiger partial charge is 0.627 e. The van der Waals surface area contributed by atoms with Crippen LogP contribution in [0.2, 0.25) is 0 Å². The van der Waals surface area contributed by atoms with E-state index in [1.54, 1.807) is 6.07 Å². The maximum Gasteiger partial charge on any atom is 0.311 e. The van der Waals surface area contributed by atoms with Crippen molar-refractivity contribution in [3.63, 3.8) is 0 Å². The van der Waals surface area contributed by atoms with Gasteiger partial charge in [0.15, 0.2) is 0 Å². The van der Waals surface area contributed by atoms with Crippen molar-refractivity contribution in [1.29, 1.82) is 0 Å². The van der Waals surface area contributed by atoms with Gasteiger partial charge in [0, 0.05) is 30.5 Å². The lowest BCUT2D eigenvalue weighted by atomic mass is 10.2. The summed E-state index contributed by atoms with van der Waals surface area (Å²) in [5.41, 5.74) is 0.453. The third kappa shape index (κ3) is 2.92. The van der Waals surface area contributed by atoms with E-state index in [-0.39, 0.29) is 19.4 Å². The van der Waals surface area contributed by atoms with Gasteiger partial charge in [-0.2, -0.15) is 0 Å². The molecule has 0 aromatic heterocycles. The Kier molecular flexibility index (Phi) is 4.58. The van der Waals surface area contributed by atoms with Gasteiger partial charge in [-0.3, -0.25) is 10.1 Å². The zero-order valence-corrected chi connectivity index (χ0v) is 12.6. The molecule has 1 aliphatic rings. The van der Waals surface area contributed by atoms with Crippen molar-refractivity contribution in [3.8, 4) is 5.75 Å². The lowest BCUT2D eigenvalue weighted by molar-refractivity contribution is -0.385. The first kappa shape index (κ1) is 15.2. The van der Waals surface area contributed by atoms with Gasteiger partial charge in [0.1, 0.15) is 5.69 Å². The van der Waals surface area contributed by atoms with Gasteiger partial charge >= 0.3 is 5.69 Å². The minimum atomic E-state index is -0.496. The van der Waals surface area contributed by atoms with Gasteiger partial charge in [0.25, 0.3) is 0 Å². The molecule has 0 saturated carbocycles. The Balaban J connectivity index is 2.27. The Morgan fingerprint density at radius 1 is 1.40 bits per heavy atom. The van der Waals surface area contributed by atoms with Crippen LogP contribution in [0.15, 0.2) is 18.2 Å². The zero-order valence-electron chi connectivity index (χ0n) is 11.7. The number of hydrogen-bond donors (Lipinski definition) is 0. The Morgan fingerprint density at radius 3 is 2.55 bits per heavy atom. The number of ether oxygens (including phenoxy) is 1. The Labute approximate surface area is 119 Å². The number of hydroxylamine groups is 2. The number of nitro benzene ring substituents is 1. The van der Waals surface area contributed by atoms with Crippen LogP contribution in [0.1, 0.15) is 6.92 Å². The summed E-state index contributed by atoms with van der Waals surface area (Å²) in [5, 5.41) is 23.7. The van der Waals surface area contributed by atoms with Crippen LogP contribution in [-0.2, 0) is 0 Å². The molecule has 0 amide bonds. The fourth-order valence-electron chi connectivity index (χ4n) is 2.47. The normalized spacial score (nSPS) is 26.2. The highest BCUT2D eigenvalue weighted by Crippen LogP contribution is 2.42. The number of rotatable bonds is 4. The van der Waals surface area contributed by atoms with E-state index < -0.39 is 9.57 Å². The van der Waals surface area contributed by atoms with E-state index in [0.717, 1.165) is 12.3 Å². The van der Waals surface area contributed by atoms with Crippen molar-refractivity contribution < 1.29 is 9.66 Å². The second-order valence-corrected chi connectivity index (χ2v) is 7.75. The highest BCUT2D eigenvalue weighted by atomic mass is 31.1. The average molecular weight is 298 g/mol. The highest BCUT2D eigenvalue weighted by Gasteiger charge is 2.29. The maximum absolute atomic E-state index is 12.9. The molecule has 2 rings (SSSR count). The number of hydrogen-bond acceptors (Lipinski definition) is 4. The third-order valence-corrected chi connectivity index (χ3v) is 6.39. The van der Waals surface area contributed by atoms with E-state index in [9.17, 15) is 15.3 Å². The summed E-state index contributed by atoms with van der Waals surface area (Å²) in [5.74, 6) is 0.157. The SMILES string of the molecule is CCP1CC[N+]([O-])(c2ccc([N+](=O)[O-])c(OC)c2)CC1. The van der Waals surface area contributed by atoms with E-state index in [0.29, 0.717) is 18.8 Å². The minimum Gasteiger partial charge on any atom is -0.627 e. The highest BCUT2D eigenvalue weighted by molar-refractivity contribution is 7.57. The molecule has 0 bridgehead atoms. The zero-order chi connectivity index (χ0) is 14.8. The summed E-state index contributed by atoms with van der Waals surface area (Å²) < 4.78 is 4.64. The lowest BCUT2D eigenvalue weighted by Gasteiger charge is -2.46. The minimum absolute atomic E-state index is 0.00124. The molecule has 1 fully saturated rings. The van der Waals surface area contributed by atoms with Crippen molar-refractivity contribution in [2.24, 2.45) is 0 Å². The van der Waals surface area contributed by atoms with Crippen molar-refractivity contribution in [3.05, 3.63) is 33.5 Å². The first-order valence-corrected chi connectivity index (χ1v) is 8.53. The number of methoxy groups -OCH3 is 1.